The molecule has 0 unspecified atom stereocenters. The molecule has 0 heterocycles. The van der Waals surface area contributed by atoms with Crippen LogP contribution in [0.3, 0.4) is 0 Å². The van der Waals surface area contributed by atoms with E-state index in [-0.39, 0.29) is 0 Å². The molecule has 0 spiro atoms. The first-order valence-corrected chi connectivity index (χ1v) is 7.44. The van der Waals surface area contributed by atoms with E-state index >= 15 is 0 Å². The summed E-state index contributed by atoms with van der Waals surface area (Å²) in [7, 11) is 2.70. The summed E-state index contributed by atoms with van der Waals surface area (Å²) in [5.41, 5.74) is 2.54. The normalized spacial score (nSPS) is 10.4. The van der Waals surface area contributed by atoms with Crippen molar-refractivity contribution in [1.82, 2.24) is 0 Å². The van der Waals surface area contributed by atoms with Crippen LogP contribution in [0.25, 0.3) is 21.9 Å². The van der Waals surface area contributed by atoms with E-state index in [1.807, 2.05) is 36.4 Å². The first kappa shape index (κ1) is 15.7. The lowest BCUT2D eigenvalue weighted by Gasteiger charge is -2.11. The van der Waals surface area contributed by atoms with E-state index in [2.05, 4.69) is 0 Å². The summed E-state index contributed by atoms with van der Waals surface area (Å²) >= 11 is 0. The fourth-order valence-electron chi connectivity index (χ4n) is 2.66. The quantitative estimate of drug-likeness (QED) is 0.682. The Kier molecular flexibility index (Phi) is 4.29. The summed E-state index contributed by atoms with van der Waals surface area (Å²) in [5.74, 6) is -0.791. The molecule has 4 nitrogen and oxygen atoms in total. The van der Waals surface area contributed by atoms with Crippen molar-refractivity contribution in [3.63, 3.8) is 0 Å². The monoisotopic (exact) mass is 320 g/mol. The highest BCUT2D eigenvalue weighted by molar-refractivity contribution is 6.03. The molecule has 0 atom stereocenters. The Morgan fingerprint density at radius 3 is 1.92 bits per heavy atom. The topological polar surface area (TPSA) is 52.6 Å². The number of methoxy groups -OCH3 is 2. The summed E-state index contributed by atoms with van der Waals surface area (Å²) in [5, 5.41) is 1.99. The van der Waals surface area contributed by atoms with Crippen LogP contribution in [-0.4, -0.2) is 26.2 Å². The van der Waals surface area contributed by atoms with Gasteiger partial charge >= 0.3 is 11.9 Å². The molecule has 0 aliphatic carbocycles. The van der Waals surface area contributed by atoms with Gasteiger partial charge in [-0.1, -0.05) is 36.4 Å². The first-order valence-electron chi connectivity index (χ1n) is 7.44. The molecule has 3 aromatic rings. The number of benzene rings is 3. The third-order valence-corrected chi connectivity index (χ3v) is 3.91. The second kappa shape index (κ2) is 6.54. The van der Waals surface area contributed by atoms with Gasteiger partial charge in [-0.3, -0.25) is 0 Å². The van der Waals surface area contributed by atoms with E-state index in [0.29, 0.717) is 11.1 Å². The molecule has 3 aromatic carbocycles. The smallest absolute Gasteiger partial charge is 0.338 e. The zero-order valence-electron chi connectivity index (χ0n) is 13.4. The molecule has 4 heteroatoms. The maximum Gasteiger partial charge on any atom is 0.338 e. The largest absolute Gasteiger partial charge is 0.465 e. The third-order valence-electron chi connectivity index (χ3n) is 3.91. The number of hydrogen-bond acceptors (Lipinski definition) is 4. The number of carbonyl (C=O) groups is 2. The molecular formula is C20H16O4. The summed E-state index contributed by atoms with van der Waals surface area (Å²) in [6.45, 7) is 0. The number of hydrogen-bond donors (Lipinski definition) is 0. The molecule has 0 saturated heterocycles. The lowest BCUT2D eigenvalue weighted by Crippen LogP contribution is -2.04. The van der Waals surface area contributed by atoms with Crippen LogP contribution < -0.4 is 0 Å². The van der Waals surface area contributed by atoms with Crippen LogP contribution in [0.2, 0.25) is 0 Å². The minimum atomic E-state index is -0.396. The van der Waals surface area contributed by atoms with Crippen molar-refractivity contribution < 1.29 is 19.1 Å². The fraction of sp³-hybridized carbons (Fsp3) is 0.100. The van der Waals surface area contributed by atoms with Crippen molar-refractivity contribution in [2.45, 2.75) is 0 Å². The maximum atomic E-state index is 12.2. The van der Waals surface area contributed by atoms with Crippen molar-refractivity contribution in [3.8, 4) is 11.1 Å². The molecule has 0 N–H and O–H groups in total. The Hall–Kier alpha value is -3.14. The van der Waals surface area contributed by atoms with Crippen molar-refractivity contribution in [2.75, 3.05) is 14.2 Å². The molecule has 0 radical (unpaired) electrons. The van der Waals surface area contributed by atoms with Crippen LogP contribution in [0.15, 0.2) is 60.7 Å². The zero-order valence-corrected chi connectivity index (χ0v) is 13.4. The summed E-state index contributed by atoms with van der Waals surface area (Å²) in [6, 6.07) is 18.5. The van der Waals surface area contributed by atoms with Gasteiger partial charge in [0.25, 0.3) is 0 Å². The van der Waals surface area contributed by atoms with Gasteiger partial charge in [0.1, 0.15) is 0 Å². The van der Waals surface area contributed by atoms with Gasteiger partial charge < -0.3 is 9.47 Å². The Morgan fingerprint density at radius 1 is 0.750 bits per heavy atom. The maximum absolute atomic E-state index is 12.2. The van der Waals surface area contributed by atoms with E-state index in [0.717, 1.165) is 21.9 Å². The van der Waals surface area contributed by atoms with Crippen LogP contribution in [0, 0.1) is 0 Å². The average Bonchev–Trinajstić information content (AvgIpc) is 2.65. The first-order chi connectivity index (χ1) is 11.6. The van der Waals surface area contributed by atoms with Gasteiger partial charge in [0.05, 0.1) is 25.3 Å². The van der Waals surface area contributed by atoms with Gasteiger partial charge in [0, 0.05) is 0 Å². The van der Waals surface area contributed by atoms with Crippen LogP contribution in [0.1, 0.15) is 20.7 Å². The molecule has 120 valence electrons. The SMILES string of the molecule is COC(=O)c1ccc(-c2cc3ccccc3cc2C(=O)OC)cc1. The average molecular weight is 320 g/mol. The molecule has 0 amide bonds. The van der Waals surface area contributed by atoms with E-state index in [1.54, 1.807) is 24.3 Å². The number of rotatable bonds is 3. The van der Waals surface area contributed by atoms with Crippen LogP contribution in [-0.2, 0) is 9.47 Å². The number of fused-ring (bicyclic) bond motifs is 1. The highest BCUT2D eigenvalue weighted by atomic mass is 16.5. The van der Waals surface area contributed by atoms with E-state index < -0.39 is 11.9 Å². The van der Waals surface area contributed by atoms with E-state index in [1.165, 1.54) is 14.2 Å². The zero-order chi connectivity index (χ0) is 17.1. The lowest BCUT2D eigenvalue weighted by molar-refractivity contribution is 0.0592. The van der Waals surface area contributed by atoms with E-state index in [9.17, 15) is 9.59 Å². The van der Waals surface area contributed by atoms with Crippen molar-refractivity contribution in [2.24, 2.45) is 0 Å². The fourth-order valence-corrected chi connectivity index (χ4v) is 2.66. The second-order valence-corrected chi connectivity index (χ2v) is 5.31. The Labute approximate surface area is 139 Å². The highest BCUT2D eigenvalue weighted by Crippen LogP contribution is 2.29. The number of carbonyl (C=O) groups excluding carboxylic acids is 2. The third kappa shape index (κ3) is 2.86. The summed E-state index contributed by atoms with van der Waals surface area (Å²) in [4.78, 5) is 23.7. The van der Waals surface area contributed by atoms with Gasteiger partial charge in [-0.25, -0.2) is 9.59 Å². The van der Waals surface area contributed by atoms with Gasteiger partial charge in [-0.15, -0.1) is 0 Å². The Bertz CT molecular complexity index is 911. The number of esters is 2. The standard InChI is InChI=1S/C20H16O4/c1-23-19(21)14-9-7-13(8-10-14)17-11-15-5-3-4-6-16(15)12-18(17)20(22)24-2/h3-12H,1-2H3. The van der Waals surface area contributed by atoms with Crippen molar-refractivity contribution in [3.05, 3.63) is 71.8 Å². The molecule has 0 bridgehead atoms. The van der Waals surface area contributed by atoms with Gasteiger partial charge in [0.15, 0.2) is 0 Å². The highest BCUT2D eigenvalue weighted by Gasteiger charge is 2.15. The molecular weight excluding hydrogens is 304 g/mol. The molecule has 0 saturated carbocycles. The van der Waals surface area contributed by atoms with E-state index in [4.69, 9.17) is 9.47 Å². The van der Waals surface area contributed by atoms with Gasteiger partial charge in [-0.05, 0) is 46.2 Å². The summed E-state index contributed by atoms with van der Waals surface area (Å²) < 4.78 is 9.62. The van der Waals surface area contributed by atoms with Gasteiger partial charge in [-0.2, -0.15) is 0 Å². The second-order valence-electron chi connectivity index (χ2n) is 5.31. The molecule has 0 aliphatic heterocycles. The number of ether oxygens (including phenoxy) is 2. The van der Waals surface area contributed by atoms with Crippen molar-refractivity contribution in [1.29, 1.82) is 0 Å². The molecule has 0 aromatic heterocycles. The minimum Gasteiger partial charge on any atom is -0.465 e. The van der Waals surface area contributed by atoms with Crippen LogP contribution in [0.5, 0.6) is 0 Å². The predicted molar refractivity (Wildman–Crippen MR) is 92.1 cm³/mol. The Morgan fingerprint density at radius 2 is 1.33 bits per heavy atom. The predicted octanol–water partition coefficient (Wildman–Crippen LogP) is 4.08. The molecule has 0 aliphatic rings. The summed E-state index contributed by atoms with van der Waals surface area (Å²) in [6.07, 6.45) is 0. The van der Waals surface area contributed by atoms with Crippen LogP contribution >= 0.6 is 0 Å². The Balaban J connectivity index is 2.16. The minimum absolute atomic E-state index is 0.395. The molecule has 24 heavy (non-hydrogen) atoms. The van der Waals surface area contributed by atoms with Gasteiger partial charge in [0.2, 0.25) is 0 Å². The molecule has 3 rings (SSSR count). The van der Waals surface area contributed by atoms with Crippen LogP contribution in [0.4, 0.5) is 0 Å². The van der Waals surface area contributed by atoms with Crippen molar-refractivity contribution >= 4 is 22.7 Å². The lowest BCUT2D eigenvalue weighted by atomic mass is 9.95. The molecule has 0 fully saturated rings.